The van der Waals surface area contributed by atoms with Crippen molar-refractivity contribution in [1.82, 2.24) is 0 Å². The van der Waals surface area contributed by atoms with Gasteiger partial charge in [-0.05, 0) is 25.7 Å². The summed E-state index contributed by atoms with van der Waals surface area (Å²) in [5.41, 5.74) is -0.656. The fourth-order valence-corrected chi connectivity index (χ4v) is 2.85. The van der Waals surface area contributed by atoms with Gasteiger partial charge in [-0.2, -0.15) is 0 Å². The molecular weight excluding hydrogens is 222 g/mol. The van der Waals surface area contributed by atoms with Gasteiger partial charge in [0.15, 0.2) is 5.76 Å². The summed E-state index contributed by atoms with van der Waals surface area (Å²) in [7, 11) is 0. The van der Waals surface area contributed by atoms with E-state index in [-0.39, 0.29) is 16.9 Å². The average molecular weight is 241 g/mol. The number of carbonyl (C=O) groups is 1. The zero-order valence-corrected chi connectivity index (χ0v) is 11.0. The molecule has 0 radical (unpaired) electrons. The number of nitro groups is 1. The van der Waals surface area contributed by atoms with Gasteiger partial charge < -0.3 is 4.74 Å². The van der Waals surface area contributed by atoms with Crippen LogP contribution in [0.15, 0.2) is 11.5 Å². The molecule has 0 amide bonds. The van der Waals surface area contributed by atoms with E-state index in [9.17, 15) is 14.9 Å². The Hall–Kier alpha value is -1.39. The molecule has 17 heavy (non-hydrogen) atoms. The van der Waals surface area contributed by atoms with E-state index in [1.54, 1.807) is 0 Å². The van der Waals surface area contributed by atoms with E-state index >= 15 is 0 Å². The zero-order valence-electron chi connectivity index (χ0n) is 11.0. The molecule has 0 aromatic heterocycles. The van der Waals surface area contributed by atoms with Crippen LogP contribution in [0.25, 0.3) is 0 Å². The summed E-state index contributed by atoms with van der Waals surface area (Å²) in [5, 5.41) is 11.1. The highest BCUT2D eigenvalue weighted by Gasteiger charge is 2.47. The van der Waals surface area contributed by atoms with Crippen LogP contribution in [0.4, 0.5) is 0 Å². The molecule has 0 aromatic rings. The molecule has 1 aliphatic carbocycles. The van der Waals surface area contributed by atoms with Crippen LogP contribution < -0.4 is 0 Å². The van der Waals surface area contributed by atoms with Crippen LogP contribution in [0, 0.1) is 20.9 Å². The first-order chi connectivity index (χ1) is 7.55. The summed E-state index contributed by atoms with van der Waals surface area (Å²) in [5.74, 6) is -0.295. The maximum atomic E-state index is 11.1. The van der Waals surface area contributed by atoms with Crippen LogP contribution in [-0.4, -0.2) is 10.9 Å². The third kappa shape index (κ3) is 3.05. The molecule has 5 nitrogen and oxygen atoms in total. The number of nitrogens with zero attached hydrogens (tertiary/aromatic N) is 1. The minimum absolute atomic E-state index is 0.0343. The fraction of sp³-hybridized carbons (Fsp3) is 0.750. The normalized spacial score (nSPS) is 22.2. The SMILES string of the molecule is CC(=O)OC1=C([N+](=O)[O-])C(C)(C)CC(C)(C)C1. The first-order valence-corrected chi connectivity index (χ1v) is 5.62. The molecule has 96 valence electrons. The molecule has 0 N–H and O–H groups in total. The number of ether oxygens (including phenoxy) is 1. The number of hydrogen-bond acceptors (Lipinski definition) is 4. The van der Waals surface area contributed by atoms with E-state index in [0.717, 1.165) is 0 Å². The smallest absolute Gasteiger partial charge is 0.307 e. The number of esters is 1. The van der Waals surface area contributed by atoms with Crippen LogP contribution in [0.5, 0.6) is 0 Å². The summed E-state index contributed by atoms with van der Waals surface area (Å²) in [6, 6.07) is 0. The van der Waals surface area contributed by atoms with Crippen LogP contribution in [0.2, 0.25) is 0 Å². The van der Waals surface area contributed by atoms with Crippen molar-refractivity contribution in [3.05, 3.63) is 21.6 Å². The predicted molar refractivity (Wildman–Crippen MR) is 62.6 cm³/mol. The van der Waals surface area contributed by atoms with Gasteiger partial charge in [0.05, 0.1) is 10.3 Å². The summed E-state index contributed by atoms with van der Waals surface area (Å²) >= 11 is 0. The first-order valence-electron chi connectivity index (χ1n) is 5.62. The monoisotopic (exact) mass is 241 g/mol. The first kappa shape index (κ1) is 13.7. The lowest BCUT2D eigenvalue weighted by Gasteiger charge is -2.38. The maximum Gasteiger partial charge on any atom is 0.307 e. The molecule has 0 aromatic carbocycles. The van der Waals surface area contributed by atoms with E-state index in [1.165, 1.54) is 6.92 Å². The Kier molecular flexibility index (Phi) is 3.32. The molecule has 0 saturated heterocycles. The quantitative estimate of drug-likeness (QED) is 0.423. The topological polar surface area (TPSA) is 69.4 Å². The summed E-state index contributed by atoms with van der Waals surface area (Å²) < 4.78 is 5.04. The van der Waals surface area contributed by atoms with Gasteiger partial charge in [-0.3, -0.25) is 14.9 Å². The molecule has 0 saturated carbocycles. The molecule has 0 unspecified atom stereocenters. The lowest BCUT2D eigenvalue weighted by Crippen LogP contribution is -2.35. The summed E-state index contributed by atoms with van der Waals surface area (Å²) in [6.07, 6.45) is 1.12. The molecule has 0 atom stereocenters. The van der Waals surface area contributed by atoms with Crippen LogP contribution in [0.1, 0.15) is 47.5 Å². The Morgan fingerprint density at radius 3 is 2.29 bits per heavy atom. The molecule has 0 heterocycles. The lowest BCUT2D eigenvalue weighted by molar-refractivity contribution is -0.445. The second-order valence-corrected chi connectivity index (χ2v) is 6.02. The largest absolute Gasteiger partial charge is 0.424 e. The second kappa shape index (κ2) is 4.13. The Morgan fingerprint density at radius 1 is 1.35 bits per heavy atom. The van der Waals surface area contributed by atoms with Gasteiger partial charge in [0.1, 0.15) is 0 Å². The summed E-state index contributed by atoms with van der Waals surface area (Å²) in [4.78, 5) is 21.7. The van der Waals surface area contributed by atoms with E-state index in [4.69, 9.17) is 4.74 Å². The summed E-state index contributed by atoms with van der Waals surface area (Å²) in [6.45, 7) is 8.94. The van der Waals surface area contributed by atoms with Crippen molar-refractivity contribution in [1.29, 1.82) is 0 Å². The highest BCUT2D eigenvalue weighted by molar-refractivity contribution is 5.67. The van der Waals surface area contributed by atoms with Gasteiger partial charge in [0.25, 0.3) is 5.70 Å². The van der Waals surface area contributed by atoms with Crippen molar-refractivity contribution >= 4 is 5.97 Å². The third-order valence-corrected chi connectivity index (χ3v) is 2.91. The van der Waals surface area contributed by atoms with Crippen molar-refractivity contribution in [3.63, 3.8) is 0 Å². The lowest BCUT2D eigenvalue weighted by atomic mass is 9.67. The maximum absolute atomic E-state index is 11.1. The number of carbonyl (C=O) groups excluding carboxylic acids is 1. The van der Waals surface area contributed by atoms with Crippen molar-refractivity contribution in [2.24, 2.45) is 10.8 Å². The van der Waals surface area contributed by atoms with E-state index in [2.05, 4.69) is 0 Å². The Morgan fingerprint density at radius 2 is 1.88 bits per heavy atom. The van der Waals surface area contributed by atoms with Crippen molar-refractivity contribution in [2.75, 3.05) is 0 Å². The highest BCUT2D eigenvalue weighted by atomic mass is 16.6. The van der Waals surface area contributed by atoms with Crippen molar-refractivity contribution in [3.8, 4) is 0 Å². The highest BCUT2D eigenvalue weighted by Crippen LogP contribution is 2.49. The number of rotatable bonds is 2. The molecule has 1 rings (SSSR count). The van der Waals surface area contributed by atoms with E-state index in [0.29, 0.717) is 12.8 Å². The van der Waals surface area contributed by atoms with Crippen LogP contribution in [-0.2, 0) is 9.53 Å². The number of allylic oxidation sites excluding steroid dienone is 2. The Labute approximate surface area is 101 Å². The van der Waals surface area contributed by atoms with Crippen molar-refractivity contribution < 1.29 is 14.5 Å². The average Bonchev–Trinajstić information content (AvgIpc) is 1.93. The standard InChI is InChI=1S/C12H19NO4/c1-8(14)17-9-6-11(2,3)7-12(4,5)10(9)13(15)16/h6-7H2,1-5H3. The molecule has 5 heteroatoms. The van der Waals surface area contributed by atoms with Gasteiger partial charge in [-0.25, -0.2) is 0 Å². The predicted octanol–water partition coefficient (Wildman–Crippen LogP) is 2.88. The molecule has 1 aliphatic rings. The van der Waals surface area contributed by atoms with Gasteiger partial charge in [0.2, 0.25) is 0 Å². The van der Waals surface area contributed by atoms with Gasteiger partial charge in [-0.1, -0.05) is 13.8 Å². The van der Waals surface area contributed by atoms with Gasteiger partial charge in [-0.15, -0.1) is 0 Å². The van der Waals surface area contributed by atoms with Gasteiger partial charge >= 0.3 is 5.97 Å². The van der Waals surface area contributed by atoms with Crippen LogP contribution in [0.3, 0.4) is 0 Å². The molecule has 0 spiro atoms. The fourth-order valence-electron chi connectivity index (χ4n) is 2.85. The number of hydrogen-bond donors (Lipinski definition) is 0. The third-order valence-electron chi connectivity index (χ3n) is 2.91. The van der Waals surface area contributed by atoms with Crippen molar-refractivity contribution in [2.45, 2.75) is 47.5 Å². The van der Waals surface area contributed by atoms with E-state index in [1.807, 2.05) is 27.7 Å². The van der Waals surface area contributed by atoms with E-state index < -0.39 is 16.3 Å². The van der Waals surface area contributed by atoms with Crippen LogP contribution >= 0.6 is 0 Å². The molecule has 0 aliphatic heterocycles. The second-order valence-electron chi connectivity index (χ2n) is 6.02. The molecular formula is C12H19NO4. The minimum atomic E-state index is -0.587. The zero-order chi connectivity index (χ0) is 13.4. The van der Waals surface area contributed by atoms with Gasteiger partial charge in [0, 0.05) is 13.3 Å². The minimum Gasteiger partial charge on any atom is -0.424 e. The molecule has 0 bridgehead atoms. The Bertz CT molecular complexity index is 393. The molecule has 0 fully saturated rings. The Balaban J connectivity index is 3.29.